The van der Waals surface area contributed by atoms with Crippen molar-refractivity contribution in [2.45, 2.75) is 0 Å². The maximum atomic E-state index is 6.40. The van der Waals surface area contributed by atoms with Crippen LogP contribution in [0.5, 0.6) is 0 Å². The lowest BCUT2D eigenvalue weighted by Gasteiger charge is -2.26. The van der Waals surface area contributed by atoms with E-state index in [9.17, 15) is 0 Å². The molecule has 0 N–H and O–H groups in total. The summed E-state index contributed by atoms with van der Waals surface area (Å²) in [5.74, 6) is 0.605. The first-order chi connectivity index (χ1) is 26.3. The van der Waals surface area contributed by atoms with E-state index < -0.39 is 0 Å². The molecule has 0 bridgehead atoms. The molecular weight excluding hydrogens is 649 g/mol. The van der Waals surface area contributed by atoms with Gasteiger partial charge in [0, 0.05) is 28.0 Å². The molecule has 0 saturated heterocycles. The van der Waals surface area contributed by atoms with Crippen LogP contribution in [0.1, 0.15) is 0 Å². The Labute approximate surface area is 306 Å². The normalized spacial score (nSPS) is 11.4. The SMILES string of the molecule is c1ccc(-c2nc3c(ccc4oc5cc(-c6ccc(N(c7ccccc7)c7ccc(-c8ccccc8-c8ccccc8)cc7)cc6)ccc5c43)o2)cc1. The molecule has 4 heteroatoms. The summed E-state index contributed by atoms with van der Waals surface area (Å²) in [6, 6.07) is 67.6. The van der Waals surface area contributed by atoms with Crippen LogP contribution in [-0.2, 0) is 0 Å². The Hall–Kier alpha value is -7.17. The van der Waals surface area contributed by atoms with Crippen LogP contribution in [-0.4, -0.2) is 4.98 Å². The van der Waals surface area contributed by atoms with Crippen molar-refractivity contribution in [3.63, 3.8) is 0 Å². The average Bonchev–Trinajstić information content (AvgIpc) is 3.84. The molecule has 0 aliphatic carbocycles. The topological polar surface area (TPSA) is 42.4 Å². The Kier molecular flexibility index (Phi) is 7.43. The molecule has 0 radical (unpaired) electrons. The molecule has 0 spiro atoms. The molecule has 250 valence electrons. The Morgan fingerprint density at radius 1 is 0.358 bits per heavy atom. The number of hydrogen-bond donors (Lipinski definition) is 0. The molecule has 53 heavy (non-hydrogen) atoms. The number of rotatable bonds is 7. The van der Waals surface area contributed by atoms with Crippen LogP contribution in [0.4, 0.5) is 17.1 Å². The van der Waals surface area contributed by atoms with E-state index in [4.69, 9.17) is 13.8 Å². The van der Waals surface area contributed by atoms with Crippen molar-refractivity contribution in [3.05, 3.63) is 194 Å². The van der Waals surface area contributed by atoms with Gasteiger partial charge in [0.2, 0.25) is 5.89 Å². The average molecular weight is 681 g/mol. The van der Waals surface area contributed by atoms with Gasteiger partial charge in [-0.15, -0.1) is 0 Å². The van der Waals surface area contributed by atoms with Crippen LogP contribution in [0.15, 0.2) is 203 Å². The van der Waals surface area contributed by atoms with Crippen LogP contribution < -0.4 is 4.90 Å². The first-order valence-corrected chi connectivity index (χ1v) is 17.8. The molecule has 0 aliphatic rings. The van der Waals surface area contributed by atoms with Crippen molar-refractivity contribution >= 4 is 50.1 Å². The Morgan fingerprint density at radius 3 is 1.53 bits per heavy atom. The molecular formula is C49H32N2O2. The van der Waals surface area contributed by atoms with Gasteiger partial charge in [-0.25, -0.2) is 4.98 Å². The molecule has 0 saturated carbocycles. The Bertz CT molecular complexity index is 2860. The maximum Gasteiger partial charge on any atom is 0.227 e. The van der Waals surface area contributed by atoms with Gasteiger partial charge in [-0.2, -0.15) is 0 Å². The molecule has 8 aromatic carbocycles. The van der Waals surface area contributed by atoms with Crippen LogP contribution in [0.25, 0.3) is 77.9 Å². The first kappa shape index (κ1) is 30.6. The van der Waals surface area contributed by atoms with Gasteiger partial charge in [0.25, 0.3) is 0 Å². The number of anilines is 3. The summed E-state index contributed by atoms with van der Waals surface area (Å²) in [6.45, 7) is 0. The lowest BCUT2D eigenvalue weighted by Crippen LogP contribution is -2.09. The van der Waals surface area contributed by atoms with Crippen molar-refractivity contribution in [3.8, 4) is 44.8 Å². The molecule has 10 rings (SSSR count). The van der Waals surface area contributed by atoms with Gasteiger partial charge in [-0.3, -0.25) is 0 Å². The fourth-order valence-corrected chi connectivity index (χ4v) is 7.36. The van der Waals surface area contributed by atoms with E-state index in [1.54, 1.807) is 0 Å². The van der Waals surface area contributed by atoms with Gasteiger partial charge in [-0.1, -0.05) is 121 Å². The predicted molar refractivity (Wildman–Crippen MR) is 218 cm³/mol. The highest BCUT2D eigenvalue weighted by Crippen LogP contribution is 2.40. The second kappa shape index (κ2) is 12.9. The van der Waals surface area contributed by atoms with Crippen LogP contribution in [0.2, 0.25) is 0 Å². The molecule has 0 amide bonds. The van der Waals surface area contributed by atoms with E-state index in [1.807, 2.05) is 42.5 Å². The third kappa shape index (κ3) is 5.54. The van der Waals surface area contributed by atoms with Crippen LogP contribution in [0.3, 0.4) is 0 Å². The first-order valence-electron chi connectivity index (χ1n) is 17.8. The number of benzene rings is 8. The standard InChI is InChI=1S/C49H32N2O2/c1-4-12-34(13-5-1)41-18-10-11-19-42(41)35-22-27-40(28-23-35)51(38-16-8-3-9-17-38)39-25-20-33(21-26-39)37-24-29-43-46(32-37)52-44-30-31-45-48(47(43)44)50-49(53-45)36-14-6-2-7-15-36/h1-32H. The van der Waals surface area contributed by atoms with Gasteiger partial charge in [0.05, 0.1) is 5.39 Å². The zero-order chi connectivity index (χ0) is 35.1. The van der Waals surface area contributed by atoms with Crippen molar-refractivity contribution in [1.82, 2.24) is 4.98 Å². The molecule has 4 nitrogen and oxygen atoms in total. The fourth-order valence-electron chi connectivity index (χ4n) is 7.36. The number of hydrogen-bond acceptors (Lipinski definition) is 4. The minimum absolute atomic E-state index is 0.605. The van der Waals surface area contributed by atoms with Gasteiger partial charge in [0.15, 0.2) is 5.58 Å². The summed E-state index contributed by atoms with van der Waals surface area (Å²) >= 11 is 0. The number of furan rings is 1. The summed E-state index contributed by atoms with van der Waals surface area (Å²) in [7, 11) is 0. The van der Waals surface area contributed by atoms with E-state index in [0.717, 1.165) is 66.8 Å². The summed E-state index contributed by atoms with van der Waals surface area (Å²) in [6.07, 6.45) is 0. The summed E-state index contributed by atoms with van der Waals surface area (Å²) in [4.78, 5) is 7.19. The summed E-state index contributed by atoms with van der Waals surface area (Å²) < 4.78 is 12.6. The monoisotopic (exact) mass is 680 g/mol. The van der Waals surface area contributed by atoms with Gasteiger partial charge in [-0.05, 0) is 106 Å². The van der Waals surface area contributed by atoms with Crippen molar-refractivity contribution in [2.24, 2.45) is 0 Å². The minimum atomic E-state index is 0.605. The highest BCUT2D eigenvalue weighted by atomic mass is 16.4. The van der Waals surface area contributed by atoms with E-state index >= 15 is 0 Å². The van der Waals surface area contributed by atoms with E-state index in [0.29, 0.717) is 5.89 Å². The zero-order valence-electron chi connectivity index (χ0n) is 28.7. The van der Waals surface area contributed by atoms with E-state index in [-0.39, 0.29) is 0 Å². The quantitative estimate of drug-likeness (QED) is 0.168. The molecule has 0 atom stereocenters. The van der Waals surface area contributed by atoms with Crippen LogP contribution >= 0.6 is 0 Å². The summed E-state index contributed by atoms with van der Waals surface area (Å²) in [5.41, 5.74) is 14.4. The fraction of sp³-hybridized carbons (Fsp3) is 0. The Morgan fingerprint density at radius 2 is 0.868 bits per heavy atom. The van der Waals surface area contributed by atoms with Crippen molar-refractivity contribution in [2.75, 3.05) is 4.90 Å². The Balaban J connectivity index is 0.985. The summed E-state index contributed by atoms with van der Waals surface area (Å²) in [5, 5.41) is 1.99. The molecule has 2 aromatic heterocycles. The van der Waals surface area contributed by atoms with Crippen LogP contribution in [0, 0.1) is 0 Å². The van der Waals surface area contributed by atoms with Gasteiger partial charge in [0.1, 0.15) is 16.7 Å². The number of fused-ring (bicyclic) bond motifs is 5. The minimum Gasteiger partial charge on any atom is -0.456 e. The smallest absolute Gasteiger partial charge is 0.227 e. The largest absolute Gasteiger partial charge is 0.456 e. The van der Waals surface area contributed by atoms with Crippen molar-refractivity contribution < 1.29 is 8.83 Å². The lowest BCUT2D eigenvalue weighted by atomic mass is 9.94. The maximum absolute atomic E-state index is 6.40. The second-order valence-corrected chi connectivity index (χ2v) is 13.2. The molecule has 0 aliphatic heterocycles. The third-order valence-electron chi connectivity index (χ3n) is 9.94. The van der Waals surface area contributed by atoms with E-state index in [2.05, 4.69) is 157 Å². The highest BCUT2D eigenvalue weighted by Gasteiger charge is 2.18. The molecule has 0 unspecified atom stereocenters. The number of nitrogens with zero attached hydrogens (tertiary/aromatic N) is 2. The molecule has 10 aromatic rings. The van der Waals surface area contributed by atoms with Crippen molar-refractivity contribution in [1.29, 1.82) is 0 Å². The highest BCUT2D eigenvalue weighted by molar-refractivity contribution is 6.17. The number of aromatic nitrogens is 1. The number of oxazole rings is 1. The number of para-hydroxylation sites is 1. The second-order valence-electron chi connectivity index (χ2n) is 13.2. The van der Waals surface area contributed by atoms with Gasteiger partial charge >= 0.3 is 0 Å². The molecule has 2 heterocycles. The van der Waals surface area contributed by atoms with Gasteiger partial charge < -0.3 is 13.7 Å². The third-order valence-corrected chi connectivity index (χ3v) is 9.94. The molecule has 0 fully saturated rings. The predicted octanol–water partition coefficient (Wildman–Crippen LogP) is 13.9. The zero-order valence-corrected chi connectivity index (χ0v) is 28.7. The van der Waals surface area contributed by atoms with E-state index in [1.165, 1.54) is 22.3 Å². The lowest BCUT2D eigenvalue weighted by molar-refractivity contribution is 0.619.